The number of nitrogens with one attached hydrogen (secondary N) is 2. The fraction of sp³-hybridized carbons (Fsp3) is 0.438. The van der Waals surface area contributed by atoms with Crippen molar-refractivity contribution in [3.8, 4) is 0 Å². The summed E-state index contributed by atoms with van der Waals surface area (Å²) in [4.78, 5) is 34.6. The Morgan fingerprint density at radius 2 is 2.17 bits per heavy atom. The van der Waals surface area contributed by atoms with Crippen LogP contribution in [0.2, 0.25) is 10.0 Å². The van der Waals surface area contributed by atoms with Gasteiger partial charge in [0.2, 0.25) is 11.8 Å². The minimum atomic E-state index is -0.634. The van der Waals surface area contributed by atoms with Crippen molar-refractivity contribution in [2.45, 2.75) is 31.7 Å². The lowest BCUT2D eigenvalue weighted by atomic mass is 9.99. The topological polar surface area (TPSA) is 75.3 Å². The predicted octanol–water partition coefficient (Wildman–Crippen LogP) is 2.14. The summed E-state index contributed by atoms with van der Waals surface area (Å²) >= 11 is 11.8. The molecule has 2 N–H and O–H groups in total. The molecule has 1 saturated heterocycles. The lowest BCUT2D eigenvalue weighted by Crippen LogP contribution is -2.38. The Morgan fingerprint density at radius 3 is 2.78 bits per heavy atom. The molecule has 0 aliphatic carbocycles. The van der Waals surface area contributed by atoms with Crippen LogP contribution in [0.25, 0.3) is 0 Å². The zero-order valence-electron chi connectivity index (χ0n) is 12.5. The Kier molecular flexibility index (Phi) is 6.42. The van der Waals surface area contributed by atoms with E-state index in [9.17, 15) is 14.4 Å². The largest absolute Gasteiger partial charge is 0.356 e. The first-order valence-corrected chi connectivity index (χ1v) is 8.21. The van der Waals surface area contributed by atoms with Crippen molar-refractivity contribution in [3.05, 3.63) is 33.8 Å². The van der Waals surface area contributed by atoms with Gasteiger partial charge in [-0.1, -0.05) is 29.3 Å². The Labute approximate surface area is 144 Å². The Balaban J connectivity index is 1.81. The first-order valence-electron chi connectivity index (χ1n) is 7.46. The maximum absolute atomic E-state index is 12.0. The molecule has 7 heteroatoms. The van der Waals surface area contributed by atoms with Gasteiger partial charge in [-0.15, -0.1) is 0 Å². The van der Waals surface area contributed by atoms with Crippen LogP contribution in [0.3, 0.4) is 0 Å². The number of amides is 2. The van der Waals surface area contributed by atoms with Gasteiger partial charge in [0.25, 0.3) is 0 Å². The monoisotopic (exact) mass is 356 g/mol. The number of rotatable bonds is 7. The van der Waals surface area contributed by atoms with Crippen LogP contribution in [-0.2, 0) is 20.8 Å². The van der Waals surface area contributed by atoms with Crippen molar-refractivity contribution in [2.75, 3.05) is 6.54 Å². The van der Waals surface area contributed by atoms with E-state index in [4.69, 9.17) is 23.2 Å². The van der Waals surface area contributed by atoms with Crippen LogP contribution in [0.4, 0.5) is 0 Å². The highest BCUT2D eigenvalue weighted by molar-refractivity contribution is 6.42. The van der Waals surface area contributed by atoms with Crippen LogP contribution in [0.15, 0.2) is 18.2 Å². The molecule has 2 atom stereocenters. The highest BCUT2D eigenvalue weighted by Crippen LogP contribution is 2.23. The maximum atomic E-state index is 12.0. The van der Waals surface area contributed by atoms with E-state index >= 15 is 0 Å². The molecule has 2 amide bonds. The SMILES string of the molecule is O=C[C@H](C[C@@H]1CCNC1=O)NC(=O)CCc1ccc(Cl)c(Cl)c1. The van der Waals surface area contributed by atoms with E-state index in [-0.39, 0.29) is 24.2 Å². The van der Waals surface area contributed by atoms with Gasteiger partial charge in [-0.3, -0.25) is 9.59 Å². The normalized spacial score (nSPS) is 18.3. The third-order valence-corrected chi connectivity index (χ3v) is 4.58. The molecule has 0 radical (unpaired) electrons. The number of halogens is 2. The van der Waals surface area contributed by atoms with Crippen molar-refractivity contribution in [1.82, 2.24) is 10.6 Å². The summed E-state index contributed by atoms with van der Waals surface area (Å²) in [6, 6.07) is 4.58. The second kappa shape index (κ2) is 8.31. The highest BCUT2D eigenvalue weighted by Gasteiger charge is 2.27. The first-order chi connectivity index (χ1) is 11.0. The van der Waals surface area contributed by atoms with Crippen LogP contribution in [0, 0.1) is 5.92 Å². The molecule has 1 aromatic rings. The van der Waals surface area contributed by atoms with Gasteiger partial charge in [0.05, 0.1) is 16.1 Å². The minimum absolute atomic E-state index is 0.0538. The van der Waals surface area contributed by atoms with Gasteiger partial charge in [0.15, 0.2) is 0 Å². The fourth-order valence-corrected chi connectivity index (χ4v) is 2.88. The quantitative estimate of drug-likeness (QED) is 0.734. The maximum Gasteiger partial charge on any atom is 0.223 e. The van der Waals surface area contributed by atoms with E-state index in [0.29, 0.717) is 42.1 Å². The second-order valence-electron chi connectivity index (χ2n) is 5.57. The van der Waals surface area contributed by atoms with Crippen LogP contribution >= 0.6 is 23.2 Å². The number of aldehydes is 1. The number of hydrogen-bond donors (Lipinski definition) is 2. The molecule has 0 bridgehead atoms. The molecule has 124 valence electrons. The summed E-state index contributed by atoms with van der Waals surface area (Å²) in [6.07, 6.45) is 2.45. The standard InChI is InChI=1S/C16H18Cl2N2O3/c17-13-3-1-10(7-14(13)18)2-4-15(22)20-12(9-21)8-11-5-6-19-16(11)23/h1,3,7,9,11-12H,2,4-6,8H2,(H,19,23)(H,20,22)/t11-,12-/m0/s1. The lowest BCUT2D eigenvalue weighted by molar-refractivity contribution is -0.126. The van der Waals surface area contributed by atoms with E-state index in [0.717, 1.165) is 5.56 Å². The Hall–Kier alpha value is -1.59. The first kappa shape index (κ1) is 17.8. The Morgan fingerprint density at radius 1 is 1.39 bits per heavy atom. The lowest BCUT2D eigenvalue weighted by Gasteiger charge is -2.15. The molecule has 23 heavy (non-hydrogen) atoms. The van der Waals surface area contributed by atoms with Gasteiger partial charge in [-0.05, 0) is 37.0 Å². The van der Waals surface area contributed by atoms with Gasteiger partial charge in [-0.2, -0.15) is 0 Å². The number of carbonyl (C=O) groups excluding carboxylic acids is 3. The smallest absolute Gasteiger partial charge is 0.223 e. The minimum Gasteiger partial charge on any atom is -0.356 e. The molecule has 0 aromatic heterocycles. The number of aryl methyl sites for hydroxylation is 1. The van der Waals surface area contributed by atoms with E-state index in [2.05, 4.69) is 10.6 Å². The summed E-state index contributed by atoms with van der Waals surface area (Å²) in [5.41, 5.74) is 0.896. The summed E-state index contributed by atoms with van der Waals surface area (Å²) in [6.45, 7) is 0.625. The number of carbonyl (C=O) groups is 3. The number of hydrogen-bond acceptors (Lipinski definition) is 3. The molecule has 1 heterocycles. The molecule has 1 aromatic carbocycles. The molecule has 0 saturated carbocycles. The van der Waals surface area contributed by atoms with Crippen molar-refractivity contribution >= 4 is 41.3 Å². The third-order valence-electron chi connectivity index (χ3n) is 3.84. The average Bonchev–Trinajstić information content (AvgIpc) is 2.93. The third kappa shape index (κ3) is 5.22. The van der Waals surface area contributed by atoms with Crippen molar-refractivity contribution in [3.63, 3.8) is 0 Å². The molecular weight excluding hydrogens is 339 g/mol. The fourth-order valence-electron chi connectivity index (χ4n) is 2.56. The van der Waals surface area contributed by atoms with Crippen molar-refractivity contribution < 1.29 is 14.4 Å². The van der Waals surface area contributed by atoms with Crippen molar-refractivity contribution in [1.29, 1.82) is 0 Å². The summed E-state index contributed by atoms with van der Waals surface area (Å²) in [5, 5.41) is 6.30. The van der Waals surface area contributed by atoms with Gasteiger partial charge in [0, 0.05) is 18.9 Å². The van der Waals surface area contributed by atoms with E-state index in [1.54, 1.807) is 12.1 Å². The molecule has 0 unspecified atom stereocenters. The predicted molar refractivity (Wildman–Crippen MR) is 88.5 cm³/mol. The van der Waals surface area contributed by atoms with Crippen LogP contribution in [0.1, 0.15) is 24.8 Å². The second-order valence-corrected chi connectivity index (χ2v) is 6.39. The van der Waals surface area contributed by atoms with E-state index in [1.165, 1.54) is 0 Å². The summed E-state index contributed by atoms with van der Waals surface area (Å²) < 4.78 is 0. The van der Waals surface area contributed by atoms with Gasteiger partial charge in [-0.25, -0.2) is 0 Å². The Bertz CT molecular complexity index is 607. The van der Waals surface area contributed by atoms with E-state index in [1.807, 2.05) is 6.07 Å². The molecule has 5 nitrogen and oxygen atoms in total. The summed E-state index contributed by atoms with van der Waals surface area (Å²) in [5.74, 6) is -0.492. The van der Waals surface area contributed by atoms with Crippen molar-refractivity contribution in [2.24, 2.45) is 5.92 Å². The molecule has 1 aliphatic heterocycles. The van der Waals surface area contributed by atoms with Crippen LogP contribution < -0.4 is 10.6 Å². The average molecular weight is 357 g/mol. The van der Waals surface area contributed by atoms with Crippen LogP contribution in [0.5, 0.6) is 0 Å². The molecule has 2 rings (SSSR count). The van der Waals surface area contributed by atoms with Gasteiger partial charge >= 0.3 is 0 Å². The molecular formula is C16H18Cl2N2O3. The zero-order chi connectivity index (χ0) is 16.8. The van der Waals surface area contributed by atoms with Crippen LogP contribution in [-0.4, -0.2) is 30.7 Å². The summed E-state index contributed by atoms with van der Waals surface area (Å²) in [7, 11) is 0. The molecule has 1 aliphatic rings. The molecule has 1 fully saturated rings. The van der Waals surface area contributed by atoms with Gasteiger partial charge < -0.3 is 15.4 Å². The molecule has 0 spiro atoms. The zero-order valence-corrected chi connectivity index (χ0v) is 14.0. The highest BCUT2D eigenvalue weighted by atomic mass is 35.5. The number of benzene rings is 1. The van der Waals surface area contributed by atoms with Gasteiger partial charge in [0.1, 0.15) is 6.29 Å². The van der Waals surface area contributed by atoms with E-state index < -0.39 is 6.04 Å².